The molecule has 26 heavy (non-hydrogen) atoms. The summed E-state index contributed by atoms with van der Waals surface area (Å²) in [5.74, 6) is 1.09. The molecule has 1 saturated heterocycles. The minimum atomic E-state index is -0.728. The molecule has 0 aromatic heterocycles. The molecule has 1 aromatic rings. The van der Waals surface area contributed by atoms with Crippen LogP contribution in [0.4, 0.5) is 4.79 Å². The molecule has 8 heteroatoms. The first-order chi connectivity index (χ1) is 12.5. The Bertz CT molecular complexity index is 629. The van der Waals surface area contributed by atoms with Gasteiger partial charge in [0, 0.05) is 32.7 Å². The summed E-state index contributed by atoms with van der Waals surface area (Å²) >= 11 is 0. The van der Waals surface area contributed by atoms with E-state index in [1.165, 1.54) is 7.11 Å². The molecule has 0 aliphatic carbocycles. The molecule has 0 bridgehead atoms. The number of hydrogen-bond donors (Lipinski definition) is 1. The molecule has 0 spiro atoms. The Balaban J connectivity index is 1.86. The molecule has 2 amide bonds. The van der Waals surface area contributed by atoms with Gasteiger partial charge in [0.25, 0.3) is 0 Å². The molecule has 0 unspecified atom stereocenters. The highest BCUT2D eigenvalue weighted by molar-refractivity contribution is 5.94. The third-order valence-electron chi connectivity index (χ3n) is 4.60. The summed E-state index contributed by atoms with van der Waals surface area (Å²) in [6.07, 6.45) is -0.728. The SMILES string of the molecule is COC(=O)NC(=O)[C@H](C)N1CCN(Cc2ccc(OC)c(OC)c2)CC1. The van der Waals surface area contributed by atoms with Crippen molar-refractivity contribution in [3.63, 3.8) is 0 Å². The van der Waals surface area contributed by atoms with Crippen LogP contribution in [0.1, 0.15) is 12.5 Å². The highest BCUT2D eigenvalue weighted by Gasteiger charge is 2.26. The summed E-state index contributed by atoms with van der Waals surface area (Å²) < 4.78 is 15.1. The molecule has 1 atom stereocenters. The fraction of sp³-hybridized carbons (Fsp3) is 0.556. The zero-order chi connectivity index (χ0) is 19.1. The number of rotatable bonds is 6. The van der Waals surface area contributed by atoms with Gasteiger partial charge in [0.1, 0.15) is 0 Å². The number of nitrogens with one attached hydrogen (secondary N) is 1. The minimum absolute atomic E-state index is 0.342. The van der Waals surface area contributed by atoms with Crippen molar-refractivity contribution < 1.29 is 23.8 Å². The molecule has 0 radical (unpaired) electrons. The van der Waals surface area contributed by atoms with E-state index in [2.05, 4.69) is 19.9 Å². The first kappa shape index (κ1) is 20.0. The maximum Gasteiger partial charge on any atom is 0.413 e. The van der Waals surface area contributed by atoms with Crippen LogP contribution >= 0.6 is 0 Å². The monoisotopic (exact) mass is 365 g/mol. The van der Waals surface area contributed by atoms with Gasteiger partial charge in [-0.2, -0.15) is 0 Å². The summed E-state index contributed by atoms with van der Waals surface area (Å²) in [6, 6.07) is 5.54. The van der Waals surface area contributed by atoms with Crippen LogP contribution in [-0.2, 0) is 16.1 Å². The molecule has 1 fully saturated rings. The molecule has 1 aliphatic rings. The molecule has 1 heterocycles. The van der Waals surface area contributed by atoms with Crippen molar-refractivity contribution in [1.82, 2.24) is 15.1 Å². The van der Waals surface area contributed by atoms with Gasteiger partial charge in [-0.05, 0) is 24.6 Å². The topological polar surface area (TPSA) is 80.3 Å². The maximum atomic E-state index is 12.0. The Morgan fingerprint density at radius 2 is 1.73 bits per heavy atom. The lowest BCUT2D eigenvalue weighted by molar-refractivity contribution is -0.125. The fourth-order valence-electron chi connectivity index (χ4n) is 2.97. The van der Waals surface area contributed by atoms with E-state index in [1.54, 1.807) is 21.1 Å². The number of nitrogens with zero attached hydrogens (tertiary/aromatic N) is 2. The van der Waals surface area contributed by atoms with Crippen LogP contribution in [0.15, 0.2) is 18.2 Å². The number of alkyl carbamates (subject to hydrolysis) is 1. The Hall–Kier alpha value is -2.32. The van der Waals surface area contributed by atoms with Crippen molar-refractivity contribution in [3.05, 3.63) is 23.8 Å². The molecule has 144 valence electrons. The van der Waals surface area contributed by atoms with Crippen LogP contribution < -0.4 is 14.8 Å². The molecule has 1 aromatic carbocycles. The average molecular weight is 365 g/mol. The summed E-state index contributed by atoms with van der Waals surface area (Å²) in [4.78, 5) is 27.6. The van der Waals surface area contributed by atoms with Crippen LogP contribution in [0.3, 0.4) is 0 Å². The number of carbonyl (C=O) groups is 2. The van der Waals surface area contributed by atoms with E-state index in [1.807, 2.05) is 18.2 Å². The van der Waals surface area contributed by atoms with Crippen LogP contribution in [0.25, 0.3) is 0 Å². The highest BCUT2D eigenvalue weighted by atomic mass is 16.5. The molecule has 1 N–H and O–H groups in total. The molecule has 1 aliphatic heterocycles. The largest absolute Gasteiger partial charge is 0.493 e. The number of amides is 2. The van der Waals surface area contributed by atoms with E-state index >= 15 is 0 Å². The lowest BCUT2D eigenvalue weighted by Gasteiger charge is -2.37. The van der Waals surface area contributed by atoms with Gasteiger partial charge in [0.05, 0.1) is 27.4 Å². The van der Waals surface area contributed by atoms with Gasteiger partial charge in [-0.3, -0.25) is 19.9 Å². The predicted octanol–water partition coefficient (Wildman–Crippen LogP) is 1.09. The molecular formula is C18H27N3O5. The quantitative estimate of drug-likeness (QED) is 0.808. The van der Waals surface area contributed by atoms with E-state index in [4.69, 9.17) is 9.47 Å². The number of ether oxygens (including phenoxy) is 3. The summed E-state index contributed by atoms with van der Waals surface area (Å²) in [5, 5.41) is 2.22. The van der Waals surface area contributed by atoms with Crippen LogP contribution in [-0.4, -0.2) is 75.4 Å². The van der Waals surface area contributed by atoms with Crippen molar-refractivity contribution in [3.8, 4) is 11.5 Å². The van der Waals surface area contributed by atoms with Gasteiger partial charge in [-0.25, -0.2) is 4.79 Å². The zero-order valence-corrected chi connectivity index (χ0v) is 15.8. The average Bonchev–Trinajstić information content (AvgIpc) is 2.67. The Labute approximate surface area is 154 Å². The maximum absolute atomic E-state index is 12.0. The second kappa shape index (κ2) is 9.40. The van der Waals surface area contributed by atoms with Crippen molar-refractivity contribution in [1.29, 1.82) is 0 Å². The number of carbonyl (C=O) groups excluding carboxylic acids is 2. The van der Waals surface area contributed by atoms with Crippen LogP contribution in [0.5, 0.6) is 11.5 Å². The summed E-state index contributed by atoms with van der Waals surface area (Å²) in [6.45, 7) is 5.78. The zero-order valence-electron chi connectivity index (χ0n) is 15.8. The van der Waals surface area contributed by atoms with E-state index in [-0.39, 0.29) is 11.9 Å². The van der Waals surface area contributed by atoms with Gasteiger partial charge in [-0.1, -0.05) is 6.07 Å². The first-order valence-electron chi connectivity index (χ1n) is 8.54. The Kier molecular flexibility index (Phi) is 7.23. The van der Waals surface area contributed by atoms with Crippen LogP contribution in [0, 0.1) is 0 Å². The molecule has 2 rings (SSSR count). The van der Waals surface area contributed by atoms with E-state index in [0.717, 1.165) is 44.0 Å². The number of benzene rings is 1. The summed E-state index contributed by atoms with van der Waals surface area (Å²) in [7, 11) is 4.48. The third-order valence-corrected chi connectivity index (χ3v) is 4.60. The Morgan fingerprint density at radius 3 is 2.31 bits per heavy atom. The van der Waals surface area contributed by atoms with Gasteiger partial charge in [-0.15, -0.1) is 0 Å². The van der Waals surface area contributed by atoms with E-state index < -0.39 is 6.09 Å². The van der Waals surface area contributed by atoms with Crippen molar-refractivity contribution in [2.24, 2.45) is 0 Å². The standard InChI is InChI=1S/C18H27N3O5/c1-13(17(22)19-18(23)26-4)21-9-7-20(8-10-21)12-14-5-6-15(24-2)16(11-14)25-3/h5-6,11,13H,7-10,12H2,1-4H3,(H,19,22,23)/t13-/m0/s1. The smallest absolute Gasteiger partial charge is 0.413 e. The van der Waals surface area contributed by atoms with Gasteiger partial charge >= 0.3 is 6.09 Å². The lowest BCUT2D eigenvalue weighted by Crippen LogP contribution is -2.54. The molecule has 0 saturated carbocycles. The van der Waals surface area contributed by atoms with Gasteiger partial charge in [0.15, 0.2) is 11.5 Å². The Morgan fingerprint density at radius 1 is 1.08 bits per heavy atom. The van der Waals surface area contributed by atoms with Crippen molar-refractivity contribution in [2.75, 3.05) is 47.5 Å². The van der Waals surface area contributed by atoms with Crippen LogP contribution in [0.2, 0.25) is 0 Å². The summed E-state index contributed by atoms with van der Waals surface area (Å²) in [5.41, 5.74) is 1.15. The second-order valence-electron chi connectivity index (χ2n) is 6.16. The lowest BCUT2D eigenvalue weighted by atomic mass is 10.1. The number of imide groups is 1. The second-order valence-corrected chi connectivity index (χ2v) is 6.16. The van der Waals surface area contributed by atoms with E-state index in [0.29, 0.717) is 5.75 Å². The predicted molar refractivity (Wildman–Crippen MR) is 96.4 cm³/mol. The minimum Gasteiger partial charge on any atom is -0.493 e. The highest BCUT2D eigenvalue weighted by Crippen LogP contribution is 2.28. The molecule has 8 nitrogen and oxygen atoms in total. The normalized spacial score (nSPS) is 16.6. The number of hydrogen-bond acceptors (Lipinski definition) is 7. The number of methoxy groups -OCH3 is 3. The van der Waals surface area contributed by atoms with Crippen molar-refractivity contribution in [2.45, 2.75) is 19.5 Å². The third kappa shape index (κ3) is 5.09. The van der Waals surface area contributed by atoms with E-state index in [9.17, 15) is 9.59 Å². The first-order valence-corrected chi connectivity index (χ1v) is 8.54. The van der Waals surface area contributed by atoms with Gasteiger partial charge < -0.3 is 14.2 Å². The van der Waals surface area contributed by atoms with Gasteiger partial charge in [0.2, 0.25) is 5.91 Å². The van der Waals surface area contributed by atoms with Crippen molar-refractivity contribution >= 4 is 12.0 Å². The number of piperazine rings is 1. The molecular weight excluding hydrogens is 338 g/mol. The fourth-order valence-corrected chi connectivity index (χ4v) is 2.97.